The van der Waals surface area contributed by atoms with E-state index >= 15 is 0 Å². The highest BCUT2D eigenvalue weighted by Crippen LogP contribution is 2.14. The van der Waals surface area contributed by atoms with Crippen LogP contribution in [0.1, 0.15) is 24.5 Å². The minimum atomic E-state index is -0.292. The van der Waals surface area contributed by atoms with Crippen LogP contribution >= 0.6 is 0 Å². The molecule has 0 radical (unpaired) electrons. The second kappa shape index (κ2) is 3.59. The summed E-state index contributed by atoms with van der Waals surface area (Å²) in [5.74, 6) is 0.653. The Morgan fingerprint density at radius 2 is 2.50 bits per heavy atom. The predicted molar refractivity (Wildman–Crippen MR) is 50.3 cm³/mol. The Morgan fingerprint density at radius 1 is 1.64 bits per heavy atom. The van der Waals surface area contributed by atoms with E-state index in [0.717, 1.165) is 12.2 Å². The van der Waals surface area contributed by atoms with E-state index in [-0.39, 0.29) is 6.04 Å². The average molecular weight is 192 g/mol. The number of H-pyrrole nitrogens is 1. The molecule has 0 aliphatic rings. The molecule has 2 heterocycles. The lowest BCUT2D eigenvalue weighted by Crippen LogP contribution is -2.18. The zero-order chi connectivity index (χ0) is 9.97. The second-order valence-electron chi connectivity index (χ2n) is 2.92. The van der Waals surface area contributed by atoms with Gasteiger partial charge in [0.2, 0.25) is 0 Å². The highest BCUT2D eigenvalue weighted by molar-refractivity contribution is 5.14. The minimum absolute atomic E-state index is 0.292. The third-order valence-electron chi connectivity index (χ3n) is 2.10. The number of hydrogen-bond acceptors (Lipinski definition) is 4. The summed E-state index contributed by atoms with van der Waals surface area (Å²) in [7, 11) is 0. The normalized spacial score (nSPS) is 13.0. The van der Waals surface area contributed by atoms with Gasteiger partial charge in [-0.3, -0.25) is 9.78 Å². The molecule has 0 aromatic carbocycles. The first-order valence-corrected chi connectivity index (χ1v) is 4.45. The molecule has 0 saturated carbocycles. The van der Waals surface area contributed by atoms with E-state index in [1.54, 1.807) is 6.20 Å². The third kappa shape index (κ3) is 1.39. The molecule has 0 fully saturated rings. The molecular formula is C8H12N6. The van der Waals surface area contributed by atoms with Gasteiger partial charge in [-0.15, -0.1) is 0 Å². The smallest absolute Gasteiger partial charge is 0.147 e. The zero-order valence-electron chi connectivity index (χ0n) is 7.88. The maximum absolute atomic E-state index is 5.99. The summed E-state index contributed by atoms with van der Waals surface area (Å²) in [5, 5.41) is 10.7. The number of nitrogens with zero attached hydrogens (tertiary/aromatic N) is 4. The molecule has 2 aromatic rings. The van der Waals surface area contributed by atoms with Gasteiger partial charge in [-0.25, -0.2) is 4.98 Å². The van der Waals surface area contributed by atoms with Crippen molar-refractivity contribution in [1.29, 1.82) is 0 Å². The molecule has 2 aromatic heterocycles. The molecule has 74 valence electrons. The number of aromatic amines is 1. The first kappa shape index (κ1) is 8.89. The van der Waals surface area contributed by atoms with Crippen LogP contribution in [0.25, 0.3) is 0 Å². The van der Waals surface area contributed by atoms with Gasteiger partial charge in [0.05, 0.1) is 5.69 Å². The minimum Gasteiger partial charge on any atom is -0.316 e. The van der Waals surface area contributed by atoms with Crippen molar-refractivity contribution in [3.63, 3.8) is 0 Å². The molecule has 14 heavy (non-hydrogen) atoms. The number of nitrogens with two attached hydrogens (primary N) is 1. The van der Waals surface area contributed by atoms with E-state index < -0.39 is 0 Å². The average Bonchev–Trinajstić information content (AvgIpc) is 2.87. The van der Waals surface area contributed by atoms with Crippen molar-refractivity contribution in [3.8, 4) is 0 Å². The van der Waals surface area contributed by atoms with E-state index in [1.165, 1.54) is 6.33 Å². The van der Waals surface area contributed by atoms with Crippen LogP contribution < -0.4 is 5.73 Å². The van der Waals surface area contributed by atoms with E-state index in [2.05, 4.69) is 20.3 Å². The molecule has 6 nitrogen and oxygen atoms in total. The molecule has 2 rings (SSSR count). The Labute approximate surface area is 81.1 Å². The van der Waals surface area contributed by atoms with Gasteiger partial charge in [-0.1, -0.05) is 0 Å². The summed E-state index contributed by atoms with van der Waals surface area (Å²) in [6.07, 6.45) is 3.18. The summed E-state index contributed by atoms with van der Waals surface area (Å²) in [5.41, 5.74) is 6.92. The fraction of sp³-hybridized carbons (Fsp3) is 0.375. The second-order valence-corrected chi connectivity index (χ2v) is 2.92. The largest absolute Gasteiger partial charge is 0.316 e. The quantitative estimate of drug-likeness (QED) is 0.720. The van der Waals surface area contributed by atoms with Crippen LogP contribution in [-0.4, -0.2) is 25.0 Å². The molecule has 0 aliphatic carbocycles. The lowest BCUT2D eigenvalue weighted by Gasteiger charge is -2.09. The van der Waals surface area contributed by atoms with Crippen molar-refractivity contribution in [2.24, 2.45) is 5.73 Å². The molecular weight excluding hydrogens is 180 g/mol. The Kier molecular flexibility index (Phi) is 2.28. The highest BCUT2D eigenvalue weighted by Gasteiger charge is 2.15. The monoisotopic (exact) mass is 192 g/mol. The van der Waals surface area contributed by atoms with Crippen LogP contribution in [0.4, 0.5) is 0 Å². The Bertz CT molecular complexity index is 390. The molecule has 0 saturated heterocycles. The van der Waals surface area contributed by atoms with Gasteiger partial charge in [0.15, 0.2) is 0 Å². The van der Waals surface area contributed by atoms with Crippen molar-refractivity contribution in [2.75, 3.05) is 0 Å². The van der Waals surface area contributed by atoms with Crippen LogP contribution in [0.3, 0.4) is 0 Å². The first-order valence-electron chi connectivity index (χ1n) is 4.45. The van der Waals surface area contributed by atoms with Crippen LogP contribution in [0.5, 0.6) is 0 Å². The lowest BCUT2D eigenvalue weighted by molar-refractivity contribution is 0.591. The molecule has 0 bridgehead atoms. The van der Waals surface area contributed by atoms with E-state index in [4.69, 9.17) is 5.73 Å². The van der Waals surface area contributed by atoms with Crippen LogP contribution in [0.15, 0.2) is 18.6 Å². The van der Waals surface area contributed by atoms with Gasteiger partial charge in [-0.05, 0) is 13.0 Å². The fourth-order valence-corrected chi connectivity index (χ4v) is 1.38. The van der Waals surface area contributed by atoms with Gasteiger partial charge >= 0.3 is 0 Å². The molecule has 1 unspecified atom stereocenters. The third-order valence-corrected chi connectivity index (χ3v) is 2.10. The van der Waals surface area contributed by atoms with E-state index in [1.807, 2.05) is 17.7 Å². The highest BCUT2D eigenvalue weighted by atomic mass is 15.3. The van der Waals surface area contributed by atoms with Crippen molar-refractivity contribution in [3.05, 3.63) is 30.1 Å². The summed E-state index contributed by atoms with van der Waals surface area (Å²) in [6, 6.07) is 1.59. The SMILES string of the molecule is CCn1nccc1C(N)c1ncn[nH]1. The van der Waals surface area contributed by atoms with Crippen LogP contribution in [0, 0.1) is 0 Å². The number of aryl methyl sites for hydroxylation is 1. The van der Waals surface area contributed by atoms with Crippen molar-refractivity contribution in [1.82, 2.24) is 25.0 Å². The summed E-state index contributed by atoms with van der Waals surface area (Å²) in [6.45, 7) is 2.81. The molecule has 0 aliphatic heterocycles. The van der Waals surface area contributed by atoms with Gasteiger partial charge in [0, 0.05) is 12.7 Å². The maximum atomic E-state index is 5.99. The summed E-state index contributed by atoms with van der Waals surface area (Å²) < 4.78 is 1.84. The molecule has 3 N–H and O–H groups in total. The predicted octanol–water partition coefficient (Wildman–Crippen LogP) is 0.0692. The zero-order valence-corrected chi connectivity index (χ0v) is 7.88. The van der Waals surface area contributed by atoms with Gasteiger partial charge in [-0.2, -0.15) is 10.2 Å². The molecule has 6 heteroatoms. The van der Waals surface area contributed by atoms with E-state index in [0.29, 0.717) is 5.82 Å². The first-order chi connectivity index (χ1) is 6.83. The Hall–Kier alpha value is -1.69. The summed E-state index contributed by atoms with van der Waals surface area (Å²) in [4.78, 5) is 4.01. The van der Waals surface area contributed by atoms with Gasteiger partial charge < -0.3 is 5.73 Å². The molecule has 0 spiro atoms. The maximum Gasteiger partial charge on any atom is 0.147 e. The lowest BCUT2D eigenvalue weighted by atomic mass is 10.2. The topological polar surface area (TPSA) is 85.4 Å². The van der Waals surface area contributed by atoms with Gasteiger partial charge in [0.25, 0.3) is 0 Å². The Morgan fingerprint density at radius 3 is 3.14 bits per heavy atom. The fourth-order valence-electron chi connectivity index (χ4n) is 1.38. The number of hydrogen-bond donors (Lipinski definition) is 2. The van der Waals surface area contributed by atoms with Crippen LogP contribution in [0.2, 0.25) is 0 Å². The molecule has 1 atom stereocenters. The van der Waals surface area contributed by atoms with Crippen molar-refractivity contribution < 1.29 is 0 Å². The number of aromatic nitrogens is 5. The summed E-state index contributed by atoms with van der Waals surface area (Å²) >= 11 is 0. The van der Waals surface area contributed by atoms with Crippen molar-refractivity contribution in [2.45, 2.75) is 19.5 Å². The Balaban J connectivity index is 2.31. The molecule has 0 amide bonds. The standard InChI is InChI=1S/C8H12N6/c1-2-14-6(3-4-12-14)7(9)8-10-5-11-13-8/h3-5,7H,2,9H2,1H3,(H,10,11,13). The van der Waals surface area contributed by atoms with Crippen LogP contribution in [-0.2, 0) is 6.54 Å². The van der Waals surface area contributed by atoms with E-state index in [9.17, 15) is 0 Å². The van der Waals surface area contributed by atoms with Crippen molar-refractivity contribution >= 4 is 0 Å². The number of rotatable bonds is 3. The van der Waals surface area contributed by atoms with Gasteiger partial charge in [0.1, 0.15) is 18.2 Å². The number of nitrogens with one attached hydrogen (secondary N) is 1.